The predicted molar refractivity (Wildman–Crippen MR) is 49.1 cm³/mol. The van der Waals surface area contributed by atoms with Crippen molar-refractivity contribution in [1.82, 2.24) is 0 Å². The first-order chi connectivity index (χ1) is 5.65. The van der Waals surface area contributed by atoms with Crippen molar-refractivity contribution < 1.29 is 4.39 Å². The van der Waals surface area contributed by atoms with Gasteiger partial charge in [-0.05, 0) is 30.2 Å². The number of rotatable bonds is 2. The van der Waals surface area contributed by atoms with Gasteiger partial charge in [-0.25, -0.2) is 4.39 Å². The van der Waals surface area contributed by atoms with Crippen molar-refractivity contribution in [2.75, 3.05) is 6.67 Å². The Morgan fingerprint density at radius 2 is 2.25 bits per heavy atom. The van der Waals surface area contributed by atoms with Crippen LogP contribution in [0.3, 0.4) is 0 Å². The van der Waals surface area contributed by atoms with Gasteiger partial charge in [0.15, 0.2) is 0 Å². The van der Waals surface area contributed by atoms with E-state index >= 15 is 0 Å². The van der Waals surface area contributed by atoms with Gasteiger partial charge in [0.1, 0.15) is 6.67 Å². The standard InChI is InChI=1S/C9H11ClFN/c1-6-4-7(10)2-3-8(6)9(12)5-11/h2-4,9H,5,12H2,1H3/t9-/m0/s1. The molecule has 1 rings (SSSR count). The molecule has 0 saturated carbocycles. The number of hydrogen-bond donors (Lipinski definition) is 1. The fourth-order valence-corrected chi connectivity index (χ4v) is 1.36. The molecule has 2 N–H and O–H groups in total. The molecule has 66 valence electrons. The monoisotopic (exact) mass is 187 g/mol. The summed E-state index contributed by atoms with van der Waals surface area (Å²) in [6, 6.07) is 4.75. The minimum Gasteiger partial charge on any atom is -0.322 e. The molecule has 0 bridgehead atoms. The molecule has 0 radical (unpaired) electrons. The zero-order valence-corrected chi connectivity index (χ0v) is 7.61. The minimum absolute atomic E-state index is 0.526. The average Bonchev–Trinajstić information content (AvgIpc) is 2.03. The van der Waals surface area contributed by atoms with Crippen LogP contribution >= 0.6 is 11.6 Å². The lowest BCUT2D eigenvalue weighted by Crippen LogP contribution is -2.13. The van der Waals surface area contributed by atoms with E-state index in [2.05, 4.69) is 0 Å². The average molecular weight is 188 g/mol. The second-order valence-corrected chi connectivity index (χ2v) is 3.20. The van der Waals surface area contributed by atoms with Crippen molar-refractivity contribution in [1.29, 1.82) is 0 Å². The van der Waals surface area contributed by atoms with E-state index in [0.29, 0.717) is 5.02 Å². The Morgan fingerprint density at radius 3 is 2.75 bits per heavy atom. The third-order valence-electron chi connectivity index (χ3n) is 1.80. The Kier molecular flexibility index (Phi) is 3.06. The number of hydrogen-bond acceptors (Lipinski definition) is 1. The zero-order valence-electron chi connectivity index (χ0n) is 6.85. The smallest absolute Gasteiger partial charge is 0.109 e. The van der Waals surface area contributed by atoms with E-state index in [1.165, 1.54) is 0 Å². The highest BCUT2D eigenvalue weighted by atomic mass is 35.5. The molecular formula is C9H11ClFN. The van der Waals surface area contributed by atoms with E-state index in [1.807, 2.05) is 6.92 Å². The maximum absolute atomic E-state index is 12.2. The van der Waals surface area contributed by atoms with E-state index in [0.717, 1.165) is 11.1 Å². The van der Waals surface area contributed by atoms with Crippen LogP contribution in [0.4, 0.5) is 4.39 Å². The van der Waals surface area contributed by atoms with E-state index < -0.39 is 12.7 Å². The third kappa shape index (κ3) is 1.96. The van der Waals surface area contributed by atoms with Crippen LogP contribution in [-0.4, -0.2) is 6.67 Å². The molecule has 0 aromatic heterocycles. The molecule has 0 aliphatic heterocycles. The number of aryl methyl sites for hydroxylation is 1. The lowest BCUT2D eigenvalue weighted by Gasteiger charge is -2.10. The zero-order chi connectivity index (χ0) is 9.14. The quantitative estimate of drug-likeness (QED) is 0.757. The normalized spacial score (nSPS) is 13.0. The first-order valence-corrected chi connectivity index (χ1v) is 4.10. The van der Waals surface area contributed by atoms with Gasteiger partial charge >= 0.3 is 0 Å². The highest BCUT2D eigenvalue weighted by molar-refractivity contribution is 6.30. The Bertz CT molecular complexity index is 275. The summed E-state index contributed by atoms with van der Waals surface area (Å²) in [5.74, 6) is 0. The van der Waals surface area contributed by atoms with Crippen molar-refractivity contribution in [2.45, 2.75) is 13.0 Å². The Labute approximate surface area is 76.3 Å². The maximum Gasteiger partial charge on any atom is 0.109 e. The van der Waals surface area contributed by atoms with Crippen LogP contribution in [0.25, 0.3) is 0 Å². The second kappa shape index (κ2) is 3.87. The molecule has 1 aromatic rings. The lowest BCUT2D eigenvalue weighted by atomic mass is 10.0. The highest BCUT2D eigenvalue weighted by Gasteiger charge is 2.07. The lowest BCUT2D eigenvalue weighted by molar-refractivity contribution is 0.436. The van der Waals surface area contributed by atoms with Gasteiger partial charge in [-0.2, -0.15) is 0 Å². The van der Waals surface area contributed by atoms with Crippen molar-refractivity contribution in [3.63, 3.8) is 0 Å². The molecule has 0 aliphatic carbocycles. The molecule has 0 amide bonds. The fourth-order valence-electron chi connectivity index (χ4n) is 1.14. The first-order valence-electron chi connectivity index (χ1n) is 3.72. The Morgan fingerprint density at radius 1 is 1.58 bits per heavy atom. The van der Waals surface area contributed by atoms with Gasteiger partial charge < -0.3 is 5.73 Å². The Hall–Kier alpha value is -0.600. The first kappa shape index (κ1) is 9.49. The van der Waals surface area contributed by atoms with Crippen LogP contribution in [0.2, 0.25) is 5.02 Å². The van der Waals surface area contributed by atoms with E-state index in [9.17, 15) is 4.39 Å². The minimum atomic E-state index is -0.539. The molecule has 3 heteroatoms. The number of halogens is 2. The van der Waals surface area contributed by atoms with E-state index in [-0.39, 0.29) is 0 Å². The second-order valence-electron chi connectivity index (χ2n) is 2.76. The van der Waals surface area contributed by atoms with Gasteiger partial charge in [-0.3, -0.25) is 0 Å². The SMILES string of the molecule is Cc1cc(Cl)ccc1[C@@H](N)CF. The predicted octanol–water partition coefficient (Wildman–Crippen LogP) is 2.62. The summed E-state index contributed by atoms with van der Waals surface area (Å²) < 4.78 is 12.2. The van der Waals surface area contributed by atoms with Crippen molar-refractivity contribution in [3.8, 4) is 0 Å². The number of benzene rings is 1. The van der Waals surface area contributed by atoms with Crippen LogP contribution in [0.5, 0.6) is 0 Å². The van der Waals surface area contributed by atoms with Gasteiger partial charge in [0, 0.05) is 5.02 Å². The van der Waals surface area contributed by atoms with Gasteiger partial charge in [0.2, 0.25) is 0 Å². The van der Waals surface area contributed by atoms with Crippen LogP contribution in [-0.2, 0) is 0 Å². The molecule has 1 aromatic carbocycles. The van der Waals surface area contributed by atoms with Gasteiger partial charge in [-0.15, -0.1) is 0 Å². The number of nitrogens with two attached hydrogens (primary N) is 1. The van der Waals surface area contributed by atoms with Crippen LogP contribution in [0.15, 0.2) is 18.2 Å². The maximum atomic E-state index is 12.2. The van der Waals surface area contributed by atoms with Gasteiger partial charge in [-0.1, -0.05) is 17.7 Å². The van der Waals surface area contributed by atoms with Crippen molar-refractivity contribution >= 4 is 11.6 Å². The van der Waals surface area contributed by atoms with Crippen LogP contribution < -0.4 is 5.73 Å². The molecule has 0 saturated heterocycles. The van der Waals surface area contributed by atoms with Crippen LogP contribution in [0.1, 0.15) is 17.2 Å². The molecule has 0 unspecified atom stereocenters. The van der Waals surface area contributed by atoms with Crippen molar-refractivity contribution in [3.05, 3.63) is 34.3 Å². The summed E-state index contributed by atoms with van der Waals surface area (Å²) in [4.78, 5) is 0. The molecule has 1 nitrogen and oxygen atoms in total. The van der Waals surface area contributed by atoms with E-state index in [1.54, 1.807) is 18.2 Å². The molecule has 12 heavy (non-hydrogen) atoms. The molecule has 1 atom stereocenters. The largest absolute Gasteiger partial charge is 0.322 e. The van der Waals surface area contributed by atoms with Crippen molar-refractivity contribution in [2.24, 2.45) is 5.73 Å². The van der Waals surface area contributed by atoms with Gasteiger partial charge in [0.25, 0.3) is 0 Å². The highest BCUT2D eigenvalue weighted by Crippen LogP contribution is 2.19. The molecule has 0 spiro atoms. The molecule has 0 heterocycles. The van der Waals surface area contributed by atoms with Gasteiger partial charge in [0.05, 0.1) is 6.04 Å². The fraction of sp³-hybridized carbons (Fsp3) is 0.333. The summed E-state index contributed by atoms with van der Waals surface area (Å²) in [5.41, 5.74) is 7.29. The van der Waals surface area contributed by atoms with E-state index in [4.69, 9.17) is 17.3 Å². The molecule has 0 aliphatic rings. The molecular weight excluding hydrogens is 177 g/mol. The molecule has 0 fully saturated rings. The van der Waals surface area contributed by atoms with Crippen LogP contribution in [0, 0.1) is 6.92 Å². The summed E-state index contributed by atoms with van der Waals surface area (Å²) in [6.45, 7) is 1.33. The topological polar surface area (TPSA) is 26.0 Å². The number of alkyl halides is 1. The Balaban J connectivity index is 3.01. The summed E-state index contributed by atoms with van der Waals surface area (Å²) >= 11 is 5.73. The third-order valence-corrected chi connectivity index (χ3v) is 2.03. The summed E-state index contributed by atoms with van der Waals surface area (Å²) in [7, 11) is 0. The summed E-state index contributed by atoms with van der Waals surface area (Å²) in [6.07, 6.45) is 0. The summed E-state index contributed by atoms with van der Waals surface area (Å²) in [5, 5.41) is 0.655.